The monoisotopic (exact) mass is 165 g/mol. The number of hydrogen-bond acceptors (Lipinski definition) is 3. The van der Waals surface area contributed by atoms with Crippen molar-refractivity contribution in [2.45, 2.75) is 13.3 Å². The van der Waals surface area contributed by atoms with Gasteiger partial charge in [-0.05, 0) is 6.42 Å². The Labute approximate surface area is 59.8 Å². The number of sulfone groups is 1. The zero-order chi connectivity index (χ0) is 8.20. The molecule has 0 aliphatic carbocycles. The molecule has 0 rings (SSSR count). The van der Waals surface area contributed by atoms with Gasteiger partial charge in [0.15, 0.2) is 9.84 Å². The molecule has 10 heavy (non-hydrogen) atoms. The van der Waals surface area contributed by atoms with Gasteiger partial charge in [-0.1, -0.05) is 6.92 Å². The number of carboxylic acid groups (broad SMARTS) is 1. The smallest absolute Gasteiger partial charge is 0.318 e. The molecule has 0 aliphatic heterocycles. The molecule has 0 aromatic heterocycles. The third-order valence-corrected chi connectivity index (χ3v) is 2.24. The molecule has 0 aromatic carbocycles. The van der Waals surface area contributed by atoms with E-state index in [-0.39, 0.29) is 0 Å². The standard InChI is InChI=1S/C5H9O4S/c1-2-3-10(8,9)4-5(6)7/h3H,2,4H2,1H3,(H,6,7). The minimum absolute atomic E-state index is 0.343. The molecule has 1 radical (unpaired) electrons. The summed E-state index contributed by atoms with van der Waals surface area (Å²) < 4.78 is 21.2. The number of carbonyl (C=O) groups is 1. The molecule has 0 amide bonds. The predicted molar refractivity (Wildman–Crippen MR) is 36.0 cm³/mol. The van der Waals surface area contributed by atoms with Gasteiger partial charge in [0.05, 0.1) is 5.75 Å². The number of hydrogen-bond donors (Lipinski definition) is 1. The van der Waals surface area contributed by atoms with E-state index in [0.29, 0.717) is 6.42 Å². The zero-order valence-electron chi connectivity index (χ0n) is 5.57. The van der Waals surface area contributed by atoms with Crippen LogP contribution in [-0.4, -0.2) is 25.2 Å². The van der Waals surface area contributed by atoms with Gasteiger partial charge in [-0.3, -0.25) is 4.79 Å². The van der Waals surface area contributed by atoms with Crippen LogP contribution < -0.4 is 0 Å². The minimum Gasteiger partial charge on any atom is -0.480 e. The van der Waals surface area contributed by atoms with Crippen LogP contribution in [0.15, 0.2) is 0 Å². The second kappa shape index (κ2) is 3.55. The Morgan fingerprint density at radius 3 is 2.40 bits per heavy atom. The first-order valence-electron chi connectivity index (χ1n) is 2.75. The van der Waals surface area contributed by atoms with Crippen LogP contribution in [0.1, 0.15) is 13.3 Å². The molecule has 1 N–H and O–H groups in total. The van der Waals surface area contributed by atoms with Gasteiger partial charge in [-0.15, -0.1) is 0 Å². The summed E-state index contributed by atoms with van der Waals surface area (Å²) in [5, 5.41) is 8.08. The van der Waals surface area contributed by atoms with Gasteiger partial charge in [0.1, 0.15) is 5.75 Å². The van der Waals surface area contributed by atoms with Crippen molar-refractivity contribution in [1.29, 1.82) is 0 Å². The van der Waals surface area contributed by atoms with E-state index in [0.717, 1.165) is 5.75 Å². The highest BCUT2D eigenvalue weighted by Gasteiger charge is 2.13. The molecule has 0 bridgehead atoms. The van der Waals surface area contributed by atoms with E-state index < -0.39 is 21.6 Å². The molecule has 0 aliphatic rings. The van der Waals surface area contributed by atoms with Crippen LogP contribution >= 0.6 is 0 Å². The molecule has 0 aromatic rings. The zero-order valence-corrected chi connectivity index (χ0v) is 6.39. The molecule has 4 nitrogen and oxygen atoms in total. The third kappa shape index (κ3) is 4.31. The van der Waals surface area contributed by atoms with Crippen LogP contribution in [0.2, 0.25) is 0 Å². The van der Waals surface area contributed by atoms with Crippen molar-refractivity contribution >= 4 is 15.8 Å². The minimum atomic E-state index is -3.46. The topological polar surface area (TPSA) is 71.4 Å². The van der Waals surface area contributed by atoms with E-state index >= 15 is 0 Å². The first kappa shape index (κ1) is 9.42. The van der Waals surface area contributed by atoms with Crippen molar-refractivity contribution in [2.24, 2.45) is 0 Å². The van der Waals surface area contributed by atoms with Gasteiger partial charge in [0, 0.05) is 0 Å². The Morgan fingerprint density at radius 2 is 2.10 bits per heavy atom. The molecule has 5 heteroatoms. The third-order valence-electron chi connectivity index (χ3n) is 0.745. The lowest BCUT2D eigenvalue weighted by Crippen LogP contribution is -2.14. The molecule has 0 unspecified atom stereocenters. The van der Waals surface area contributed by atoms with Crippen molar-refractivity contribution in [3.05, 3.63) is 5.75 Å². The van der Waals surface area contributed by atoms with Gasteiger partial charge in [0.2, 0.25) is 0 Å². The fourth-order valence-electron chi connectivity index (χ4n) is 0.485. The second-order valence-electron chi connectivity index (χ2n) is 1.78. The van der Waals surface area contributed by atoms with Gasteiger partial charge >= 0.3 is 5.97 Å². The average Bonchev–Trinajstić information content (AvgIpc) is 1.59. The molecule has 0 atom stereocenters. The quantitative estimate of drug-likeness (QED) is 0.639. The first-order chi connectivity index (χ1) is 4.48. The Bertz CT molecular complexity index is 204. The van der Waals surface area contributed by atoms with E-state index in [4.69, 9.17) is 5.11 Å². The SMILES string of the molecule is CC[CH]S(=O)(=O)CC(=O)O. The van der Waals surface area contributed by atoms with Crippen LogP contribution in [0.25, 0.3) is 0 Å². The summed E-state index contributed by atoms with van der Waals surface area (Å²) in [6, 6.07) is 0. The lowest BCUT2D eigenvalue weighted by molar-refractivity contribution is -0.134. The lowest BCUT2D eigenvalue weighted by Gasteiger charge is -1.94. The Kier molecular flexibility index (Phi) is 3.35. The predicted octanol–water partition coefficient (Wildman–Crippen LogP) is 0.0576. The molecular weight excluding hydrogens is 156 g/mol. The summed E-state index contributed by atoms with van der Waals surface area (Å²) in [5.74, 6) is -1.12. The maximum atomic E-state index is 10.6. The van der Waals surface area contributed by atoms with E-state index in [1.807, 2.05) is 0 Å². The molecule has 59 valence electrons. The second-order valence-corrected chi connectivity index (χ2v) is 3.72. The fraction of sp³-hybridized carbons (Fsp3) is 0.600. The van der Waals surface area contributed by atoms with Crippen molar-refractivity contribution in [2.75, 3.05) is 5.75 Å². The summed E-state index contributed by atoms with van der Waals surface area (Å²) in [5.41, 5.74) is 0. The normalized spacial score (nSPS) is 11.3. The summed E-state index contributed by atoms with van der Waals surface area (Å²) >= 11 is 0. The average molecular weight is 165 g/mol. The largest absolute Gasteiger partial charge is 0.480 e. The molecule has 0 saturated heterocycles. The first-order valence-corrected chi connectivity index (χ1v) is 4.47. The van der Waals surface area contributed by atoms with Crippen molar-refractivity contribution < 1.29 is 18.3 Å². The van der Waals surface area contributed by atoms with Crippen LogP contribution in [0.3, 0.4) is 0 Å². The summed E-state index contributed by atoms with van der Waals surface area (Å²) in [7, 11) is -3.46. The van der Waals surface area contributed by atoms with E-state index in [1.54, 1.807) is 6.92 Å². The highest BCUT2D eigenvalue weighted by atomic mass is 32.2. The van der Waals surface area contributed by atoms with E-state index in [1.165, 1.54) is 0 Å². The van der Waals surface area contributed by atoms with Gasteiger partial charge in [-0.2, -0.15) is 0 Å². The van der Waals surface area contributed by atoms with Crippen LogP contribution in [-0.2, 0) is 14.6 Å². The van der Waals surface area contributed by atoms with Gasteiger partial charge < -0.3 is 5.11 Å². The lowest BCUT2D eigenvalue weighted by atomic mass is 10.6. The molecule has 0 spiro atoms. The molecule has 0 fully saturated rings. The van der Waals surface area contributed by atoms with E-state index in [2.05, 4.69) is 0 Å². The number of aliphatic carboxylic acids is 1. The Balaban J connectivity index is 4.02. The molecule has 0 heterocycles. The summed E-state index contributed by atoms with van der Waals surface area (Å²) in [6.07, 6.45) is 0.343. The maximum absolute atomic E-state index is 10.6. The van der Waals surface area contributed by atoms with Crippen LogP contribution in [0, 0.1) is 5.75 Å². The van der Waals surface area contributed by atoms with Crippen molar-refractivity contribution in [3.8, 4) is 0 Å². The van der Waals surface area contributed by atoms with E-state index in [9.17, 15) is 13.2 Å². The fourth-order valence-corrected chi connectivity index (χ4v) is 1.45. The molecular formula is C5H9O4S. The Hall–Kier alpha value is -0.580. The summed E-state index contributed by atoms with van der Waals surface area (Å²) in [4.78, 5) is 9.89. The highest BCUT2D eigenvalue weighted by molar-refractivity contribution is 7.94. The van der Waals surface area contributed by atoms with Gasteiger partial charge in [0.25, 0.3) is 0 Å². The summed E-state index contributed by atoms with van der Waals surface area (Å²) in [6.45, 7) is 1.64. The maximum Gasteiger partial charge on any atom is 0.318 e. The number of rotatable bonds is 4. The van der Waals surface area contributed by atoms with Gasteiger partial charge in [-0.25, -0.2) is 8.42 Å². The van der Waals surface area contributed by atoms with Crippen molar-refractivity contribution in [3.63, 3.8) is 0 Å². The molecule has 0 saturated carbocycles. The van der Waals surface area contributed by atoms with Crippen LogP contribution in [0.4, 0.5) is 0 Å². The Morgan fingerprint density at radius 1 is 1.60 bits per heavy atom. The van der Waals surface area contributed by atoms with Crippen molar-refractivity contribution in [1.82, 2.24) is 0 Å². The highest BCUT2D eigenvalue weighted by Crippen LogP contribution is 1.98. The number of carboxylic acids is 1. The van der Waals surface area contributed by atoms with Crippen LogP contribution in [0.5, 0.6) is 0 Å².